The summed E-state index contributed by atoms with van der Waals surface area (Å²) in [5.41, 5.74) is -0.856. The summed E-state index contributed by atoms with van der Waals surface area (Å²) < 4.78 is 14.1. The lowest BCUT2D eigenvalue weighted by Crippen LogP contribution is -2.35. The summed E-state index contributed by atoms with van der Waals surface area (Å²) in [5, 5.41) is 0. The molecule has 78 valence electrons. The molecule has 0 radical (unpaired) electrons. The third kappa shape index (κ3) is 2.45. The predicted octanol–water partition coefficient (Wildman–Crippen LogP) is 4.20. The van der Waals surface area contributed by atoms with Crippen LogP contribution in [0.25, 0.3) is 0 Å². The molecule has 0 atom stereocenters. The summed E-state index contributed by atoms with van der Waals surface area (Å²) >= 11 is 0. The third-order valence-corrected chi connectivity index (χ3v) is 3.84. The van der Waals surface area contributed by atoms with Gasteiger partial charge in [0.1, 0.15) is 5.67 Å². The first-order chi connectivity index (χ1) is 5.96. The highest BCUT2D eigenvalue weighted by Gasteiger charge is 2.38. The fraction of sp³-hybridized carbons (Fsp3) is 1.00. The Labute approximate surface area is 81.9 Å². The van der Waals surface area contributed by atoms with Gasteiger partial charge < -0.3 is 0 Å². The van der Waals surface area contributed by atoms with E-state index in [0.717, 1.165) is 37.5 Å². The molecule has 0 spiro atoms. The lowest BCUT2D eigenvalue weighted by molar-refractivity contribution is 0.0288. The molecule has 0 nitrogen and oxygen atoms in total. The van der Waals surface area contributed by atoms with Crippen molar-refractivity contribution in [2.45, 2.75) is 59.0 Å². The Balaban J connectivity index is 2.47. The molecule has 0 aliphatic heterocycles. The van der Waals surface area contributed by atoms with Crippen molar-refractivity contribution in [3.63, 3.8) is 0 Å². The van der Waals surface area contributed by atoms with E-state index < -0.39 is 5.67 Å². The number of hydrogen-bond donors (Lipinski definition) is 0. The first-order valence-corrected chi connectivity index (χ1v) is 5.64. The van der Waals surface area contributed by atoms with Gasteiger partial charge in [-0.25, -0.2) is 4.39 Å². The quantitative estimate of drug-likeness (QED) is 0.606. The highest BCUT2D eigenvalue weighted by atomic mass is 19.1. The molecule has 0 heterocycles. The van der Waals surface area contributed by atoms with Gasteiger partial charge in [0.25, 0.3) is 0 Å². The van der Waals surface area contributed by atoms with Gasteiger partial charge in [0.05, 0.1) is 0 Å². The van der Waals surface area contributed by atoms with Gasteiger partial charge in [0.2, 0.25) is 0 Å². The van der Waals surface area contributed by atoms with E-state index >= 15 is 0 Å². The minimum absolute atomic E-state index is 0.195. The third-order valence-electron chi connectivity index (χ3n) is 3.84. The summed E-state index contributed by atoms with van der Waals surface area (Å²) in [6, 6.07) is 0. The molecule has 1 aliphatic rings. The van der Waals surface area contributed by atoms with Gasteiger partial charge in [-0.15, -0.1) is 0 Å². The van der Waals surface area contributed by atoms with Crippen molar-refractivity contribution >= 4 is 0 Å². The maximum atomic E-state index is 14.1. The topological polar surface area (TPSA) is 0 Å². The van der Waals surface area contributed by atoms with E-state index in [-0.39, 0.29) is 5.92 Å². The second-order valence-electron chi connectivity index (χ2n) is 5.27. The Morgan fingerprint density at radius 1 is 1.08 bits per heavy atom. The van der Waals surface area contributed by atoms with Gasteiger partial charge in [0, 0.05) is 0 Å². The van der Waals surface area contributed by atoms with Crippen LogP contribution < -0.4 is 0 Å². The van der Waals surface area contributed by atoms with Crippen LogP contribution in [0.3, 0.4) is 0 Å². The lowest BCUT2D eigenvalue weighted by atomic mass is 9.71. The molecule has 1 fully saturated rings. The predicted molar refractivity (Wildman–Crippen MR) is 55.5 cm³/mol. The number of alkyl halides is 1. The average Bonchev–Trinajstić information content (AvgIpc) is 2.04. The first kappa shape index (κ1) is 11.0. The van der Waals surface area contributed by atoms with Gasteiger partial charge in [-0.1, -0.05) is 27.7 Å². The van der Waals surface area contributed by atoms with E-state index in [2.05, 4.69) is 13.8 Å². The first-order valence-electron chi connectivity index (χ1n) is 5.64. The SMILES string of the molecule is CC(C)[C@H]1CC[C@](F)(C(C)C)CC1. The van der Waals surface area contributed by atoms with E-state index in [0.29, 0.717) is 0 Å². The minimum Gasteiger partial charge on any atom is -0.244 e. The van der Waals surface area contributed by atoms with Crippen molar-refractivity contribution in [1.29, 1.82) is 0 Å². The smallest absolute Gasteiger partial charge is 0.113 e. The molecule has 0 bridgehead atoms. The molecule has 13 heavy (non-hydrogen) atoms. The Morgan fingerprint density at radius 3 is 1.85 bits per heavy atom. The van der Waals surface area contributed by atoms with Crippen LogP contribution in [-0.4, -0.2) is 5.67 Å². The molecular weight excluding hydrogens is 163 g/mol. The van der Waals surface area contributed by atoms with Gasteiger partial charge in [-0.2, -0.15) is 0 Å². The molecule has 1 aliphatic carbocycles. The van der Waals surface area contributed by atoms with Crippen molar-refractivity contribution in [2.75, 3.05) is 0 Å². The number of rotatable bonds is 2. The molecule has 0 aromatic heterocycles. The minimum atomic E-state index is -0.856. The van der Waals surface area contributed by atoms with Crippen molar-refractivity contribution in [3.05, 3.63) is 0 Å². The molecule has 0 N–H and O–H groups in total. The zero-order valence-corrected chi connectivity index (χ0v) is 9.44. The van der Waals surface area contributed by atoms with Gasteiger partial charge in [-0.3, -0.25) is 0 Å². The van der Waals surface area contributed by atoms with Crippen LogP contribution in [0.5, 0.6) is 0 Å². The van der Waals surface area contributed by atoms with E-state index in [9.17, 15) is 4.39 Å². The summed E-state index contributed by atoms with van der Waals surface area (Å²) in [7, 11) is 0. The van der Waals surface area contributed by atoms with E-state index in [1.165, 1.54) is 0 Å². The van der Waals surface area contributed by atoms with Crippen LogP contribution in [0.1, 0.15) is 53.4 Å². The second kappa shape index (κ2) is 3.98. The zero-order chi connectivity index (χ0) is 10.1. The van der Waals surface area contributed by atoms with Gasteiger partial charge in [-0.05, 0) is 43.4 Å². The van der Waals surface area contributed by atoms with E-state index in [1.54, 1.807) is 0 Å². The van der Waals surface area contributed by atoms with Crippen LogP contribution >= 0.6 is 0 Å². The molecule has 0 aromatic rings. The molecular formula is C12H23F. The molecule has 0 amide bonds. The Bertz CT molecular complexity index is 153. The standard InChI is InChI=1S/C12H23F/c1-9(2)11-5-7-12(13,8-6-11)10(3)4/h9-11H,5-8H2,1-4H3/t11-,12+. The van der Waals surface area contributed by atoms with Crippen LogP contribution in [0.2, 0.25) is 0 Å². The molecule has 1 rings (SSSR count). The molecule has 0 unspecified atom stereocenters. The average molecular weight is 186 g/mol. The van der Waals surface area contributed by atoms with Crippen LogP contribution in [-0.2, 0) is 0 Å². The van der Waals surface area contributed by atoms with Crippen molar-refractivity contribution < 1.29 is 4.39 Å². The fourth-order valence-corrected chi connectivity index (χ4v) is 2.36. The fourth-order valence-electron chi connectivity index (χ4n) is 2.36. The highest BCUT2D eigenvalue weighted by molar-refractivity contribution is 4.88. The van der Waals surface area contributed by atoms with Crippen LogP contribution in [0.4, 0.5) is 4.39 Å². The maximum Gasteiger partial charge on any atom is 0.113 e. The summed E-state index contributed by atoms with van der Waals surface area (Å²) in [6.07, 6.45) is 3.75. The number of hydrogen-bond acceptors (Lipinski definition) is 0. The van der Waals surface area contributed by atoms with Crippen molar-refractivity contribution in [1.82, 2.24) is 0 Å². The monoisotopic (exact) mass is 186 g/mol. The lowest BCUT2D eigenvalue weighted by Gasteiger charge is -2.38. The van der Waals surface area contributed by atoms with Crippen molar-refractivity contribution in [2.24, 2.45) is 17.8 Å². The summed E-state index contributed by atoms with van der Waals surface area (Å²) in [6.45, 7) is 8.53. The largest absolute Gasteiger partial charge is 0.244 e. The van der Waals surface area contributed by atoms with E-state index in [1.807, 2.05) is 13.8 Å². The Hall–Kier alpha value is -0.0700. The zero-order valence-electron chi connectivity index (χ0n) is 9.44. The molecule has 0 aromatic carbocycles. The van der Waals surface area contributed by atoms with E-state index in [4.69, 9.17) is 0 Å². The Kier molecular flexibility index (Phi) is 3.37. The van der Waals surface area contributed by atoms with Crippen LogP contribution in [0.15, 0.2) is 0 Å². The van der Waals surface area contributed by atoms with Gasteiger partial charge in [0.15, 0.2) is 0 Å². The summed E-state index contributed by atoms with van der Waals surface area (Å²) in [4.78, 5) is 0. The maximum absolute atomic E-state index is 14.1. The van der Waals surface area contributed by atoms with Gasteiger partial charge >= 0.3 is 0 Å². The highest BCUT2D eigenvalue weighted by Crippen LogP contribution is 2.42. The summed E-state index contributed by atoms with van der Waals surface area (Å²) in [5.74, 6) is 1.69. The second-order valence-corrected chi connectivity index (χ2v) is 5.27. The molecule has 1 heteroatoms. The van der Waals surface area contributed by atoms with Crippen molar-refractivity contribution in [3.8, 4) is 0 Å². The number of halogens is 1. The Morgan fingerprint density at radius 2 is 1.54 bits per heavy atom. The molecule has 0 saturated heterocycles. The van der Waals surface area contributed by atoms with Crippen LogP contribution in [0, 0.1) is 17.8 Å². The normalized spacial score (nSPS) is 35.8. The molecule has 1 saturated carbocycles.